The molecule has 0 saturated carbocycles. The molecule has 1 amide bonds. The highest BCUT2D eigenvalue weighted by molar-refractivity contribution is 7.90. The number of aromatic nitrogens is 2. The summed E-state index contributed by atoms with van der Waals surface area (Å²) in [6, 6.07) is 15.3. The zero-order valence-electron chi connectivity index (χ0n) is 20.9. The first-order valence-corrected chi connectivity index (χ1v) is 13.2. The number of amides is 1. The SMILES string of the molecule is COc1cccc(CNc2cccc(S(=O)(=O)NC(=O)c3cccnc3N3CC(C)CC3(C)C)n2)c1. The van der Waals surface area contributed by atoms with Crippen molar-refractivity contribution in [1.29, 1.82) is 0 Å². The molecule has 0 bridgehead atoms. The van der Waals surface area contributed by atoms with Crippen LogP contribution in [0.4, 0.5) is 11.6 Å². The van der Waals surface area contributed by atoms with Crippen LogP contribution in [0.25, 0.3) is 0 Å². The van der Waals surface area contributed by atoms with E-state index in [0.717, 1.165) is 24.3 Å². The third-order valence-electron chi connectivity index (χ3n) is 6.19. The molecule has 36 heavy (non-hydrogen) atoms. The van der Waals surface area contributed by atoms with Crippen molar-refractivity contribution in [3.63, 3.8) is 0 Å². The molecule has 10 heteroatoms. The number of nitrogens with one attached hydrogen (secondary N) is 2. The number of carbonyl (C=O) groups is 1. The minimum Gasteiger partial charge on any atom is -0.497 e. The number of carbonyl (C=O) groups excluding carboxylic acids is 1. The van der Waals surface area contributed by atoms with E-state index in [1.54, 1.807) is 37.6 Å². The van der Waals surface area contributed by atoms with Crippen LogP contribution in [0.2, 0.25) is 0 Å². The Hall–Kier alpha value is -3.66. The van der Waals surface area contributed by atoms with Gasteiger partial charge < -0.3 is 15.0 Å². The average Bonchev–Trinajstić information content (AvgIpc) is 3.14. The van der Waals surface area contributed by atoms with Crippen molar-refractivity contribution >= 4 is 27.6 Å². The number of sulfonamides is 1. The number of hydrogen-bond acceptors (Lipinski definition) is 8. The zero-order valence-corrected chi connectivity index (χ0v) is 21.7. The lowest BCUT2D eigenvalue weighted by molar-refractivity contribution is 0.0981. The Bertz CT molecular complexity index is 1360. The van der Waals surface area contributed by atoms with Crippen LogP contribution in [0.5, 0.6) is 5.75 Å². The molecule has 1 atom stereocenters. The fraction of sp³-hybridized carbons (Fsp3) is 0.346. The molecular formula is C26H31N5O4S. The summed E-state index contributed by atoms with van der Waals surface area (Å²) in [5, 5.41) is 2.85. The van der Waals surface area contributed by atoms with E-state index >= 15 is 0 Å². The van der Waals surface area contributed by atoms with Gasteiger partial charge >= 0.3 is 0 Å². The van der Waals surface area contributed by atoms with Crippen molar-refractivity contribution in [2.45, 2.75) is 44.3 Å². The van der Waals surface area contributed by atoms with Crippen molar-refractivity contribution in [3.05, 3.63) is 71.9 Å². The van der Waals surface area contributed by atoms with E-state index in [0.29, 0.717) is 24.1 Å². The van der Waals surface area contributed by atoms with Crippen molar-refractivity contribution in [2.24, 2.45) is 5.92 Å². The number of benzene rings is 1. The van der Waals surface area contributed by atoms with Gasteiger partial charge in [0.2, 0.25) is 0 Å². The minimum atomic E-state index is -4.22. The van der Waals surface area contributed by atoms with Gasteiger partial charge in [-0.15, -0.1) is 0 Å². The summed E-state index contributed by atoms with van der Waals surface area (Å²) in [4.78, 5) is 23.9. The lowest BCUT2D eigenvalue weighted by Gasteiger charge is -2.33. The Labute approximate surface area is 212 Å². The summed E-state index contributed by atoms with van der Waals surface area (Å²) in [5.74, 6) is 1.25. The highest BCUT2D eigenvalue weighted by Gasteiger charge is 2.39. The second-order valence-corrected chi connectivity index (χ2v) is 11.2. The van der Waals surface area contributed by atoms with Crippen LogP contribution in [-0.2, 0) is 16.6 Å². The number of pyridine rings is 2. The first-order chi connectivity index (χ1) is 17.1. The maximum Gasteiger partial charge on any atom is 0.281 e. The molecule has 9 nitrogen and oxygen atoms in total. The topological polar surface area (TPSA) is 114 Å². The monoisotopic (exact) mass is 509 g/mol. The van der Waals surface area contributed by atoms with Crippen LogP contribution in [-0.4, -0.2) is 43.5 Å². The summed E-state index contributed by atoms with van der Waals surface area (Å²) >= 11 is 0. The highest BCUT2D eigenvalue weighted by atomic mass is 32.2. The molecule has 4 rings (SSSR count). The fourth-order valence-corrected chi connectivity index (χ4v) is 5.55. The van der Waals surface area contributed by atoms with Crippen molar-refractivity contribution < 1.29 is 17.9 Å². The fourth-order valence-electron chi connectivity index (χ4n) is 4.62. The lowest BCUT2D eigenvalue weighted by atomic mass is 9.97. The predicted molar refractivity (Wildman–Crippen MR) is 139 cm³/mol. The quantitative estimate of drug-likeness (QED) is 0.471. The number of anilines is 2. The molecule has 1 saturated heterocycles. The largest absolute Gasteiger partial charge is 0.497 e. The zero-order chi connectivity index (χ0) is 25.9. The van der Waals surface area contributed by atoms with E-state index < -0.39 is 15.9 Å². The van der Waals surface area contributed by atoms with Crippen molar-refractivity contribution in [3.8, 4) is 5.75 Å². The van der Waals surface area contributed by atoms with Gasteiger partial charge in [-0.1, -0.05) is 25.1 Å². The molecule has 1 aliphatic heterocycles. The molecule has 3 heterocycles. The molecule has 1 unspecified atom stereocenters. The van der Waals surface area contributed by atoms with Crippen LogP contribution < -0.4 is 19.7 Å². The first-order valence-electron chi connectivity index (χ1n) is 11.7. The maximum atomic E-state index is 13.1. The molecule has 1 fully saturated rings. The van der Waals surface area contributed by atoms with E-state index in [9.17, 15) is 13.2 Å². The molecular weight excluding hydrogens is 478 g/mol. The van der Waals surface area contributed by atoms with Gasteiger partial charge in [0.05, 0.1) is 12.7 Å². The molecule has 2 N–H and O–H groups in total. The molecule has 0 aliphatic carbocycles. The Kier molecular flexibility index (Phi) is 7.16. The maximum absolute atomic E-state index is 13.1. The Morgan fingerprint density at radius 1 is 1.17 bits per heavy atom. The van der Waals surface area contributed by atoms with E-state index in [4.69, 9.17) is 4.74 Å². The standard InChI is InChI=1S/C26H31N5O4S/c1-18-15-26(2,3)31(17-18)24-21(10-7-13-27-24)25(32)30-36(33,34)23-12-6-11-22(29-23)28-16-19-8-5-9-20(14-19)35-4/h5-14,18H,15-17H2,1-4H3,(H,28,29)(H,30,32). The van der Waals surface area contributed by atoms with Crippen molar-refractivity contribution in [1.82, 2.24) is 14.7 Å². The van der Waals surface area contributed by atoms with Gasteiger partial charge in [0, 0.05) is 24.8 Å². The predicted octanol–water partition coefficient (Wildman–Crippen LogP) is 3.84. The molecule has 190 valence electrons. The second kappa shape index (κ2) is 10.1. The van der Waals surface area contributed by atoms with Crippen LogP contribution in [0.1, 0.15) is 43.1 Å². The lowest BCUT2D eigenvalue weighted by Crippen LogP contribution is -2.41. The number of nitrogens with zero attached hydrogens (tertiary/aromatic N) is 3. The summed E-state index contributed by atoms with van der Waals surface area (Å²) in [6.07, 6.45) is 2.56. The summed E-state index contributed by atoms with van der Waals surface area (Å²) in [7, 11) is -2.63. The Morgan fingerprint density at radius 3 is 2.67 bits per heavy atom. The third kappa shape index (κ3) is 5.59. The molecule has 0 radical (unpaired) electrons. The van der Waals surface area contributed by atoms with Gasteiger partial charge in [-0.2, -0.15) is 8.42 Å². The van der Waals surface area contributed by atoms with Crippen molar-refractivity contribution in [2.75, 3.05) is 23.9 Å². The van der Waals surface area contributed by atoms with Gasteiger partial charge in [0.15, 0.2) is 5.03 Å². The molecule has 1 aliphatic rings. The number of rotatable bonds is 8. The summed E-state index contributed by atoms with van der Waals surface area (Å²) in [5.41, 5.74) is 0.947. The van der Waals surface area contributed by atoms with E-state index in [1.807, 2.05) is 24.3 Å². The number of methoxy groups -OCH3 is 1. The first kappa shape index (κ1) is 25.4. The smallest absolute Gasteiger partial charge is 0.281 e. The van der Waals surface area contributed by atoms with Gasteiger partial charge in [0.1, 0.15) is 17.4 Å². The Balaban J connectivity index is 1.51. The van der Waals surface area contributed by atoms with Gasteiger partial charge in [-0.3, -0.25) is 4.79 Å². The van der Waals surface area contributed by atoms with Gasteiger partial charge in [-0.25, -0.2) is 14.7 Å². The molecule has 0 spiro atoms. The van der Waals surface area contributed by atoms with E-state index in [1.165, 1.54) is 6.07 Å². The van der Waals surface area contributed by atoms with Crippen LogP contribution in [0.15, 0.2) is 65.8 Å². The summed E-state index contributed by atoms with van der Waals surface area (Å²) < 4.78 is 33.5. The van der Waals surface area contributed by atoms with Crippen LogP contribution in [0, 0.1) is 5.92 Å². The molecule has 2 aromatic heterocycles. The van der Waals surface area contributed by atoms with Crippen LogP contribution in [0.3, 0.4) is 0 Å². The molecule has 1 aromatic carbocycles. The van der Waals surface area contributed by atoms with Crippen LogP contribution >= 0.6 is 0 Å². The van der Waals surface area contributed by atoms with E-state index in [2.05, 4.69) is 45.7 Å². The number of ether oxygens (including phenoxy) is 1. The Morgan fingerprint density at radius 2 is 1.94 bits per heavy atom. The third-order valence-corrected chi connectivity index (χ3v) is 7.43. The average molecular weight is 510 g/mol. The van der Waals surface area contributed by atoms with E-state index in [-0.39, 0.29) is 16.1 Å². The highest BCUT2D eigenvalue weighted by Crippen LogP contribution is 2.37. The minimum absolute atomic E-state index is 0.202. The second-order valence-electron chi connectivity index (χ2n) is 9.61. The molecule has 3 aromatic rings. The normalized spacial score (nSPS) is 17.0. The van der Waals surface area contributed by atoms with Gasteiger partial charge in [0.25, 0.3) is 15.9 Å². The summed E-state index contributed by atoms with van der Waals surface area (Å²) in [6.45, 7) is 7.49. The van der Waals surface area contributed by atoms with Gasteiger partial charge in [-0.05, 0) is 68.1 Å². The number of hydrogen-bond donors (Lipinski definition) is 2.